The summed E-state index contributed by atoms with van der Waals surface area (Å²) < 4.78 is 6.30. The number of aromatic nitrogens is 1. The zero-order chi connectivity index (χ0) is 24.0. The molecule has 1 aromatic heterocycles. The van der Waals surface area contributed by atoms with Gasteiger partial charge in [0.05, 0.1) is 24.5 Å². The molecule has 0 aliphatic carbocycles. The molecule has 180 valence electrons. The van der Waals surface area contributed by atoms with E-state index in [9.17, 15) is 9.59 Å². The van der Waals surface area contributed by atoms with Gasteiger partial charge < -0.3 is 19.9 Å². The molecule has 1 spiro atoms. The van der Waals surface area contributed by atoms with Crippen molar-refractivity contribution >= 4 is 22.7 Å². The Bertz CT molecular complexity index is 1280. The van der Waals surface area contributed by atoms with Crippen LogP contribution in [-0.2, 0) is 27.2 Å². The van der Waals surface area contributed by atoms with Crippen molar-refractivity contribution in [2.75, 3.05) is 13.1 Å². The number of aryl methyl sites for hydroxylation is 1. The van der Waals surface area contributed by atoms with Crippen LogP contribution in [0.1, 0.15) is 24.5 Å². The van der Waals surface area contributed by atoms with E-state index in [4.69, 9.17) is 4.74 Å². The molecular formula is C29H31N3O3. The average Bonchev–Trinajstić information content (AvgIpc) is 3.62. The van der Waals surface area contributed by atoms with E-state index >= 15 is 0 Å². The van der Waals surface area contributed by atoms with Crippen LogP contribution in [-0.4, -0.2) is 52.5 Å². The maximum Gasteiger partial charge on any atom is 0.230 e. The van der Waals surface area contributed by atoms with Gasteiger partial charge in [0.15, 0.2) is 0 Å². The smallest absolute Gasteiger partial charge is 0.230 e. The number of benzene rings is 2. The number of carbonyl (C=O) groups excluding carboxylic acids is 2. The number of aromatic amines is 1. The molecule has 35 heavy (non-hydrogen) atoms. The Morgan fingerprint density at radius 2 is 1.97 bits per heavy atom. The lowest BCUT2D eigenvalue weighted by molar-refractivity contribution is -0.137. The molecule has 3 aliphatic heterocycles. The third-order valence-corrected chi connectivity index (χ3v) is 7.90. The SMILES string of the molecule is CC(CCc1ccccc1)NC(=O)C1C2C(=O)N(CCc3c[nH]c4ccccc34)CC23C=C[C@H]1O3. The lowest BCUT2D eigenvalue weighted by Crippen LogP contribution is -2.46. The quantitative estimate of drug-likeness (QED) is 0.495. The van der Waals surface area contributed by atoms with Crippen molar-refractivity contribution < 1.29 is 14.3 Å². The summed E-state index contributed by atoms with van der Waals surface area (Å²) >= 11 is 0. The number of fused-ring (bicyclic) bond motifs is 2. The molecule has 6 nitrogen and oxygen atoms in total. The normalized spacial score (nSPS) is 27.5. The number of hydrogen-bond acceptors (Lipinski definition) is 3. The summed E-state index contributed by atoms with van der Waals surface area (Å²) in [5.41, 5.74) is 2.89. The third-order valence-electron chi connectivity index (χ3n) is 7.90. The highest BCUT2D eigenvalue weighted by atomic mass is 16.5. The number of nitrogens with one attached hydrogen (secondary N) is 2. The van der Waals surface area contributed by atoms with Gasteiger partial charge in [-0.05, 0) is 43.4 Å². The van der Waals surface area contributed by atoms with E-state index in [-0.39, 0.29) is 24.0 Å². The summed E-state index contributed by atoms with van der Waals surface area (Å²) in [6.07, 6.45) is 8.23. The minimum absolute atomic E-state index is 0.0243. The highest BCUT2D eigenvalue weighted by molar-refractivity contribution is 5.93. The molecule has 5 atom stereocenters. The van der Waals surface area contributed by atoms with Gasteiger partial charge in [-0.15, -0.1) is 0 Å². The molecule has 4 heterocycles. The monoisotopic (exact) mass is 469 g/mol. The van der Waals surface area contributed by atoms with Crippen molar-refractivity contribution in [2.24, 2.45) is 11.8 Å². The van der Waals surface area contributed by atoms with Crippen LogP contribution >= 0.6 is 0 Å². The van der Waals surface area contributed by atoms with E-state index in [1.54, 1.807) is 0 Å². The molecule has 0 saturated carbocycles. The fourth-order valence-electron chi connectivity index (χ4n) is 6.10. The Hall–Kier alpha value is -3.38. The molecule has 4 unspecified atom stereocenters. The van der Waals surface area contributed by atoms with Crippen LogP contribution in [0.2, 0.25) is 0 Å². The van der Waals surface area contributed by atoms with Crippen molar-refractivity contribution in [3.8, 4) is 0 Å². The van der Waals surface area contributed by atoms with E-state index < -0.39 is 17.4 Å². The fraction of sp³-hybridized carbons (Fsp3) is 0.379. The molecule has 2 bridgehead atoms. The van der Waals surface area contributed by atoms with E-state index in [0.29, 0.717) is 13.1 Å². The molecule has 6 rings (SSSR count). The molecule has 3 aromatic rings. The molecule has 2 N–H and O–H groups in total. The second kappa shape index (κ2) is 8.68. The number of likely N-dealkylation sites (tertiary alicyclic amines) is 1. The molecule has 3 aliphatic rings. The maximum atomic E-state index is 13.5. The van der Waals surface area contributed by atoms with Gasteiger partial charge in [-0.3, -0.25) is 9.59 Å². The van der Waals surface area contributed by atoms with Gasteiger partial charge in [0, 0.05) is 29.7 Å². The number of H-pyrrole nitrogens is 1. The number of rotatable bonds is 8. The predicted octanol–water partition coefficient (Wildman–Crippen LogP) is 3.63. The van der Waals surface area contributed by atoms with Crippen molar-refractivity contribution in [3.05, 3.63) is 84.1 Å². The first kappa shape index (κ1) is 22.1. The summed E-state index contributed by atoms with van der Waals surface area (Å²) in [6.45, 7) is 3.16. The Morgan fingerprint density at radius 3 is 2.83 bits per heavy atom. The number of ether oxygens (including phenoxy) is 1. The van der Waals surface area contributed by atoms with E-state index in [0.717, 1.165) is 24.8 Å². The number of amides is 2. The standard InChI is InChI=1S/C29H31N3O3/c1-19(11-12-20-7-3-2-4-8-20)31-27(33)25-24-13-15-29(35-24)18-32(28(34)26(25)29)16-14-21-17-30-23-10-6-5-9-22(21)23/h2-10,13,15,17,19,24-26,30H,11-12,14,16,18H2,1H3,(H,31,33)/t19?,24-,25?,26?,29?/m1/s1. The van der Waals surface area contributed by atoms with E-state index in [1.807, 2.05) is 60.5 Å². The molecule has 2 saturated heterocycles. The average molecular weight is 470 g/mol. The Morgan fingerprint density at radius 1 is 1.17 bits per heavy atom. The molecule has 2 aromatic carbocycles. The van der Waals surface area contributed by atoms with Crippen LogP contribution in [0.25, 0.3) is 10.9 Å². The number of carbonyl (C=O) groups is 2. The Labute approximate surface area is 205 Å². The first-order valence-electron chi connectivity index (χ1n) is 12.6. The van der Waals surface area contributed by atoms with Gasteiger partial charge in [0.1, 0.15) is 5.60 Å². The topological polar surface area (TPSA) is 74.4 Å². The summed E-state index contributed by atoms with van der Waals surface area (Å²) in [5.74, 6) is -0.945. The Kier molecular flexibility index (Phi) is 5.49. The van der Waals surface area contributed by atoms with Crippen molar-refractivity contribution in [2.45, 2.75) is 43.9 Å². The fourth-order valence-corrected chi connectivity index (χ4v) is 6.10. The lowest BCUT2D eigenvalue weighted by atomic mass is 9.76. The predicted molar refractivity (Wildman–Crippen MR) is 135 cm³/mol. The van der Waals surface area contributed by atoms with Crippen LogP contribution in [0, 0.1) is 11.8 Å². The van der Waals surface area contributed by atoms with Crippen LogP contribution in [0.5, 0.6) is 0 Å². The van der Waals surface area contributed by atoms with E-state index in [2.05, 4.69) is 34.6 Å². The summed E-state index contributed by atoms with van der Waals surface area (Å²) in [7, 11) is 0. The number of para-hydroxylation sites is 1. The maximum absolute atomic E-state index is 13.5. The molecule has 0 radical (unpaired) electrons. The van der Waals surface area contributed by atoms with Crippen LogP contribution in [0.15, 0.2) is 72.9 Å². The number of hydrogen-bond donors (Lipinski definition) is 2. The molecule has 2 amide bonds. The second-order valence-electron chi connectivity index (χ2n) is 10.2. The zero-order valence-electron chi connectivity index (χ0n) is 19.9. The summed E-state index contributed by atoms with van der Waals surface area (Å²) in [6, 6.07) is 18.5. The van der Waals surface area contributed by atoms with Gasteiger partial charge in [0.2, 0.25) is 11.8 Å². The minimum atomic E-state index is -0.669. The van der Waals surface area contributed by atoms with Crippen LogP contribution < -0.4 is 5.32 Å². The number of nitrogens with zero attached hydrogens (tertiary/aromatic N) is 1. The Balaban J connectivity index is 1.11. The zero-order valence-corrected chi connectivity index (χ0v) is 19.9. The van der Waals surface area contributed by atoms with Crippen molar-refractivity contribution in [1.29, 1.82) is 0 Å². The molecule has 2 fully saturated rings. The molecule has 6 heteroatoms. The van der Waals surface area contributed by atoms with Crippen LogP contribution in [0.4, 0.5) is 0 Å². The van der Waals surface area contributed by atoms with Crippen LogP contribution in [0.3, 0.4) is 0 Å². The second-order valence-corrected chi connectivity index (χ2v) is 10.2. The third kappa shape index (κ3) is 3.86. The van der Waals surface area contributed by atoms with Crippen molar-refractivity contribution in [3.63, 3.8) is 0 Å². The molecular weight excluding hydrogens is 438 g/mol. The van der Waals surface area contributed by atoms with Crippen molar-refractivity contribution in [1.82, 2.24) is 15.2 Å². The minimum Gasteiger partial charge on any atom is -0.361 e. The van der Waals surface area contributed by atoms with E-state index in [1.165, 1.54) is 16.5 Å². The largest absolute Gasteiger partial charge is 0.361 e. The van der Waals surface area contributed by atoms with Gasteiger partial charge in [-0.25, -0.2) is 0 Å². The first-order valence-corrected chi connectivity index (χ1v) is 12.6. The summed E-state index contributed by atoms with van der Waals surface area (Å²) in [4.78, 5) is 32.1. The highest BCUT2D eigenvalue weighted by Gasteiger charge is 2.66. The van der Waals surface area contributed by atoms with Gasteiger partial charge in [-0.1, -0.05) is 60.7 Å². The van der Waals surface area contributed by atoms with Gasteiger partial charge in [0.25, 0.3) is 0 Å². The van der Waals surface area contributed by atoms with Gasteiger partial charge >= 0.3 is 0 Å². The summed E-state index contributed by atoms with van der Waals surface area (Å²) in [5, 5.41) is 4.36. The first-order chi connectivity index (χ1) is 17.0. The lowest BCUT2D eigenvalue weighted by Gasteiger charge is -2.25. The van der Waals surface area contributed by atoms with Gasteiger partial charge in [-0.2, -0.15) is 0 Å². The highest BCUT2D eigenvalue weighted by Crippen LogP contribution is 2.51.